The quantitative estimate of drug-likeness (QED) is 0.589. The summed E-state index contributed by atoms with van der Waals surface area (Å²) in [4.78, 5) is 0. The van der Waals surface area contributed by atoms with E-state index in [0.29, 0.717) is 12.7 Å². The molecule has 0 heterocycles. The van der Waals surface area contributed by atoms with Crippen molar-refractivity contribution in [2.24, 2.45) is 0 Å². The summed E-state index contributed by atoms with van der Waals surface area (Å²) in [7, 11) is 0. The minimum absolute atomic E-state index is 0.0682. The topological polar surface area (TPSA) is 38.7 Å². The Bertz CT molecular complexity index is 150. The van der Waals surface area contributed by atoms with Crippen molar-refractivity contribution in [3.8, 4) is 0 Å². The van der Waals surface area contributed by atoms with Crippen LogP contribution in [0.1, 0.15) is 53.4 Å². The smallest absolute Gasteiger partial charge is 0.0784 e. The molecule has 3 heteroatoms. The molecule has 0 aliphatic heterocycles. The van der Waals surface area contributed by atoms with E-state index in [-0.39, 0.29) is 18.8 Å². The molecule has 0 aromatic carbocycles. The maximum Gasteiger partial charge on any atom is 0.0784 e. The van der Waals surface area contributed by atoms with Crippen LogP contribution in [0.4, 0.5) is 0 Å². The molecule has 3 nitrogen and oxygen atoms in total. The monoisotopic (exact) mass is 232 g/mol. The maximum atomic E-state index is 8.81. The zero-order chi connectivity index (χ0) is 12.4. The van der Waals surface area contributed by atoms with Crippen LogP contribution in [0.2, 0.25) is 0 Å². The summed E-state index contributed by atoms with van der Waals surface area (Å²) in [5, 5.41) is 8.81. The fourth-order valence-electron chi connectivity index (χ4n) is 1.54. The van der Waals surface area contributed by atoms with Gasteiger partial charge in [0.15, 0.2) is 0 Å². The molecule has 0 aliphatic carbocycles. The molecule has 0 saturated carbocycles. The first-order valence-electron chi connectivity index (χ1n) is 6.48. The lowest BCUT2D eigenvalue weighted by Gasteiger charge is -2.20. The van der Waals surface area contributed by atoms with Gasteiger partial charge in [-0.15, -0.1) is 0 Å². The average Bonchev–Trinajstić information content (AvgIpc) is 2.26. The van der Waals surface area contributed by atoms with Crippen LogP contribution in [0.15, 0.2) is 0 Å². The molecule has 0 spiro atoms. The largest absolute Gasteiger partial charge is 0.394 e. The van der Waals surface area contributed by atoms with E-state index in [0.717, 1.165) is 6.42 Å². The zero-order valence-corrected chi connectivity index (χ0v) is 11.2. The highest BCUT2D eigenvalue weighted by Gasteiger charge is 2.10. The standard InChI is InChI=1S/C13H28O3/c1-5-6-7-8-11(2)16-13(4)10-15-12(3)9-14/h11-14H,5-10H2,1-4H3. The van der Waals surface area contributed by atoms with Crippen LogP contribution >= 0.6 is 0 Å². The lowest BCUT2D eigenvalue weighted by molar-refractivity contribution is -0.0696. The number of aliphatic hydroxyl groups is 1. The second-order valence-electron chi connectivity index (χ2n) is 4.58. The summed E-state index contributed by atoms with van der Waals surface area (Å²) in [6.07, 6.45) is 5.19. The van der Waals surface area contributed by atoms with Crippen LogP contribution in [0.3, 0.4) is 0 Å². The molecule has 0 rings (SSSR count). The molecule has 0 amide bonds. The highest BCUT2D eigenvalue weighted by atomic mass is 16.5. The SMILES string of the molecule is CCCCCC(C)OC(C)COC(C)CO. The van der Waals surface area contributed by atoms with Crippen LogP contribution in [0.5, 0.6) is 0 Å². The van der Waals surface area contributed by atoms with Gasteiger partial charge < -0.3 is 14.6 Å². The Morgan fingerprint density at radius 3 is 2.25 bits per heavy atom. The predicted molar refractivity (Wildman–Crippen MR) is 66.7 cm³/mol. The molecular weight excluding hydrogens is 204 g/mol. The van der Waals surface area contributed by atoms with Gasteiger partial charge in [-0.3, -0.25) is 0 Å². The van der Waals surface area contributed by atoms with Gasteiger partial charge in [0, 0.05) is 0 Å². The molecule has 3 atom stereocenters. The number of aliphatic hydroxyl groups excluding tert-OH is 1. The van der Waals surface area contributed by atoms with E-state index in [1.807, 2.05) is 13.8 Å². The normalized spacial score (nSPS) is 17.1. The van der Waals surface area contributed by atoms with E-state index in [4.69, 9.17) is 14.6 Å². The first-order chi connectivity index (χ1) is 7.60. The lowest BCUT2D eigenvalue weighted by atomic mass is 10.1. The predicted octanol–water partition coefficient (Wildman–Crippen LogP) is 2.76. The van der Waals surface area contributed by atoms with Crippen molar-refractivity contribution < 1.29 is 14.6 Å². The van der Waals surface area contributed by atoms with Gasteiger partial charge >= 0.3 is 0 Å². The van der Waals surface area contributed by atoms with Crippen LogP contribution in [-0.4, -0.2) is 36.6 Å². The van der Waals surface area contributed by atoms with Gasteiger partial charge in [-0.25, -0.2) is 0 Å². The van der Waals surface area contributed by atoms with Gasteiger partial charge in [0.1, 0.15) is 0 Å². The molecular formula is C13H28O3. The summed E-state index contributed by atoms with van der Waals surface area (Å²) in [5.41, 5.74) is 0. The number of hydrogen-bond acceptors (Lipinski definition) is 3. The third-order valence-electron chi connectivity index (χ3n) is 2.55. The molecule has 16 heavy (non-hydrogen) atoms. The second kappa shape index (κ2) is 10.1. The van der Waals surface area contributed by atoms with E-state index < -0.39 is 0 Å². The van der Waals surface area contributed by atoms with Crippen LogP contribution < -0.4 is 0 Å². The van der Waals surface area contributed by atoms with Crippen molar-refractivity contribution in [1.29, 1.82) is 0 Å². The molecule has 3 unspecified atom stereocenters. The Morgan fingerprint density at radius 1 is 1.00 bits per heavy atom. The number of ether oxygens (including phenoxy) is 2. The minimum atomic E-state index is -0.0959. The zero-order valence-electron chi connectivity index (χ0n) is 11.2. The highest BCUT2D eigenvalue weighted by molar-refractivity contribution is 4.57. The van der Waals surface area contributed by atoms with Crippen molar-refractivity contribution in [3.63, 3.8) is 0 Å². The van der Waals surface area contributed by atoms with Crippen molar-refractivity contribution >= 4 is 0 Å². The first-order valence-corrected chi connectivity index (χ1v) is 6.48. The van der Waals surface area contributed by atoms with Crippen LogP contribution in [0, 0.1) is 0 Å². The van der Waals surface area contributed by atoms with Crippen molar-refractivity contribution in [3.05, 3.63) is 0 Å². The van der Waals surface area contributed by atoms with Gasteiger partial charge in [-0.2, -0.15) is 0 Å². The molecule has 0 bridgehead atoms. The lowest BCUT2D eigenvalue weighted by Crippen LogP contribution is -2.25. The minimum Gasteiger partial charge on any atom is -0.394 e. The van der Waals surface area contributed by atoms with Gasteiger partial charge in [0.05, 0.1) is 31.5 Å². The van der Waals surface area contributed by atoms with Crippen molar-refractivity contribution in [1.82, 2.24) is 0 Å². The molecule has 0 saturated heterocycles. The van der Waals surface area contributed by atoms with Gasteiger partial charge in [0.2, 0.25) is 0 Å². The maximum absolute atomic E-state index is 8.81. The van der Waals surface area contributed by atoms with Crippen LogP contribution in [-0.2, 0) is 9.47 Å². The van der Waals surface area contributed by atoms with E-state index >= 15 is 0 Å². The molecule has 0 fully saturated rings. The number of unbranched alkanes of at least 4 members (excludes halogenated alkanes) is 2. The Hall–Kier alpha value is -0.120. The highest BCUT2D eigenvalue weighted by Crippen LogP contribution is 2.09. The Kier molecular flexibility index (Phi) is 9.99. The van der Waals surface area contributed by atoms with E-state index in [1.165, 1.54) is 19.3 Å². The average molecular weight is 232 g/mol. The van der Waals surface area contributed by atoms with Gasteiger partial charge in [-0.1, -0.05) is 26.2 Å². The molecule has 0 aliphatic rings. The van der Waals surface area contributed by atoms with E-state index in [1.54, 1.807) is 0 Å². The van der Waals surface area contributed by atoms with Crippen LogP contribution in [0.25, 0.3) is 0 Å². The fraction of sp³-hybridized carbons (Fsp3) is 1.00. The fourth-order valence-corrected chi connectivity index (χ4v) is 1.54. The Labute approximate surface area is 100 Å². The van der Waals surface area contributed by atoms with Gasteiger partial charge in [0.25, 0.3) is 0 Å². The van der Waals surface area contributed by atoms with Crippen molar-refractivity contribution in [2.75, 3.05) is 13.2 Å². The summed E-state index contributed by atoms with van der Waals surface area (Å²) in [6, 6.07) is 0. The van der Waals surface area contributed by atoms with Gasteiger partial charge in [-0.05, 0) is 27.2 Å². The molecule has 0 aromatic rings. The van der Waals surface area contributed by atoms with E-state index in [9.17, 15) is 0 Å². The summed E-state index contributed by atoms with van der Waals surface area (Å²) < 4.78 is 11.2. The summed E-state index contributed by atoms with van der Waals surface area (Å²) in [6.45, 7) is 8.82. The van der Waals surface area contributed by atoms with Crippen molar-refractivity contribution in [2.45, 2.75) is 71.7 Å². The third kappa shape index (κ3) is 9.13. The first kappa shape index (κ1) is 15.9. The Balaban J connectivity index is 3.49. The third-order valence-corrected chi connectivity index (χ3v) is 2.55. The number of hydrogen-bond donors (Lipinski definition) is 1. The summed E-state index contributed by atoms with van der Waals surface area (Å²) in [5.74, 6) is 0. The second-order valence-corrected chi connectivity index (χ2v) is 4.58. The molecule has 0 aromatic heterocycles. The Morgan fingerprint density at radius 2 is 1.69 bits per heavy atom. The molecule has 0 radical (unpaired) electrons. The van der Waals surface area contributed by atoms with E-state index in [2.05, 4.69) is 13.8 Å². The number of rotatable bonds is 10. The molecule has 1 N–H and O–H groups in total. The molecule has 98 valence electrons. The summed E-state index contributed by atoms with van der Waals surface area (Å²) >= 11 is 0.